The molecule has 0 saturated carbocycles. The molecule has 8 nitrogen and oxygen atoms in total. The third-order valence-electron chi connectivity index (χ3n) is 4.19. The number of ether oxygens (including phenoxy) is 1. The Bertz CT molecular complexity index is 1090. The van der Waals surface area contributed by atoms with Crippen LogP contribution in [-0.2, 0) is 14.4 Å². The number of carboxylic acids is 1. The van der Waals surface area contributed by atoms with Gasteiger partial charge in [0.2, 0.25) is 0 Å². The van der Waals surface area contributed by atoms with Crippen molar-refractivity contribution in [1.29, 1.82) is 0 Å². The second-order valence-electron chi connectivity index (χ2n) is 6.67. The normalized spacial score (nSPS) is 15.4. The molecule has 1 aliphatic rings. The molecule has 2 N–H and O–H groups in total. The van der Waals surface area contributed by atoms with Crippen molar-refractivity contribution in [2.75, 3.05) is 11.5 Å². The minimum absolute atomic E-state index is 0.170. The fourth-order valence-corrected chi connectivity index (χ4v) is 3.41. The Morgan fingerprint density at radius 2 is 1.80 bits per heavy atom. The molecule has 3 rings (SSSR count). The zero-order valence-electron chi connectivity index (χ0n) is 16.1. The molecule has 0 spiro atoms. The van der Waals surface area contributed by atoms with E-state index in [2.05, 4.69) is 21.2 Å². The summed E-state index contributed by atoms with van der Waals surface area (Å²) in [6.07, 6.45) is 1.27. The quantitative estimate of drug-likeness (QED) is 0.510. The summed E-state index contributed by atoms with van der Waals surface area (Å²) < 4.78 is 5.87. The van der Waals surface area contributed by atoms with Crippen LogP contribution in [0.3, 0.4) is 0 Å². The van der Waals surface area contributed by atoms with Crippen molar-refractivity contribution in [3.05, 3.63) is 63.1 Å². The first kappa shape index (κ1) is 21.3. The number of carbonyl (C=O) groups excluding carboxylic acids is 3. The predicted octanol–water partition coefficient (Wildman–Crippen LogP) is 3.20. The van der Waals surface area contributed by atoms with E-state index < -0.39 is 30.4 Å². The first-order chi connectivity index (χ1) is 14.2. The van der Waals surface area contributed by atoms with Crippen molar-refractivity contribution in [3.8, 4) is 5.75 Å². The molecular weight excluding hydrogens is 456 g/mol. The van der Waals surface area contributed by atoms with Gasteiger partial charge in [-0.2, -0.15) is 0 Å². The Hall–Kier alpha value is -3.46. The van der Waals surface area contributed by atoms with E-state index in [1.807, 2.05) is 19.9 Å². The van der Waals surface area contributed by atoms with E-state index in [9.17, 15) is 19.2 Å². The molecule has 9 heteroatoms. The number of hydrogen-bond acceptors (Lipinski definition) is 5. The van der Waals surface area contributed by atoms with Crippen LogP contribution < -0.4 is 15.0 Å². The average Bonchev–Trinajstić information content (AvgIpc) is 2.63. The van der Waals surface area contributed by atoms with E-state index in [0.717, 1.165) is 16.0 Å². The number of aliphatic carboxylic acids is 1. The SMILES string of the molecule is Cc1cc(C)cc(N2C(=O)NC(=O)/C(=C\c3cc(Br)ccc3OCC(=O)O)C2=O)c1. The Labute approximate surface area is 180 Å². The number of carboxylic acid groups (broad SMARTS) is 1. The van der Waals surface area contributed by atoms with Gasteiger partial charge >= 0.3 is 12.0 Å². The van der Waals surface area contributed by atoms with Crippen LogP contribution in [0.25, 0.3) is 6.08 Å². The molecule has 0 unspecified atom stereocenters. The number of nitrogens with zero attached hydrogens (tertiary/aromatic N) is 1. The number of barbiturate groups is 1. The van der Waals surface area contributed by atoms with Gasteiger partial charge in [-0.05, 0) is 61.4 Å². The van der Waals surface area contributed by atoms with Crippen molar-refractivity contribution < 1.29 is 29.0 Å². The van der Waals surface area contributed by atoms with Gasteiger partial charge in [0, 0.05) is 10.0 Å². The Kier molecular flexibility index (Phi) is 6.02. The van der Waals surface area contributed by atoms with Gasteiger partial charge in [0.1, 0.15) is 11.3 Å². The maximum atomic E-state index is 13.1. The molecule has 1 heterocycles. The fourth-order valence-electron chi connectivity index (χ4n) is 3.03. The topological polar surface area (TPSA) is 113 Å². The lowest BCUT2D eigenvalue weighted by molar-refractivity contribution is -0.139. The lowest BCUT2D eigenvalue weighted by Gasteiger charge is -2.27. The van der Waals surface area contributed by atoms with Crippen LogP contribution in [-0.4, -0.2) is 35.5 Å². The van der Waals surface area contributed by atoms with Crippen LogP contribution in [0, 0.1) is 13.8 Å². The third kappa shape index (κ3) is 4.57. The lowest BCUT2D eigenvalue weighted by Crippen LogP contribution is -2.54. The maximum Gasteiger partial charge on any atom is 0.341 e. The molecule has 2 aromatic rings. The van der Waals surface area contributed by atoms with Crippen molar-refractivity contribution in [2.45, 2.75) is 13.8 Å². The molecule has 2 aromatic carbocycles. The van der Waals surface area contributed by atoms with Gasteiger partial charge in [0.15, 0.2) is 6.61 Å². The number of halogens is 1. The smallest absolute Gasteiger partial charge is 0.341 e. The standard InChI is InChI=1S/C21H17BrN2O6/c1-11-5-12(2)7-15(6-11)24-20(28)16(19(27)23-21(24)29)9-13-8-14(22)3-4-17(13)30-10-18(25)26/h3-9H,10H2,1-2H3,(H,25,26)(H,23,27,29)/b16-9+. The van der Waals surface area contributed by atoms with Crippen LogP contribution in [0.5, 0.6) is 5.75 Å². The molecule has 0 bridgehead atoms. The molecule has 1 saturated heterocycles. The van der Waals surface area contributed by atoms with E-state index in [1.54, 1.807) is 24.3 Å². The van der Waals surface area contributed by atoms with Gasteiger partial charge in [0.25, 0.3) is 11.8 Å². The number of urea groups is 1. The summed E-state index contributed by atoms with van der Waals surface area (Å²) in [5.41, 5.74) is 2.06. The highest BCUT2D eigenvalue weighted by Crippen LogP contribution is 2.28. The van der Waals surface area contributed by atoms with Gasteiger partial charge in [-0.1, -0.05) is 22.0 Å². The molecule has 0 radical (unpaired) electrons. The van der Waals surface area contributed by atoms with Gasteiger partial charge in [0.05, 0.1) is 5.69 Å². The molecule has 0 aliphatic carbocycles. The zero-order valence-corrected chi connectivity index (χ0v) is 17.6. The predicted molar refractivity (Wildman–Crippen MR) is 112 cm³/mol. The largest absolute Gasteiger partial charge is 0.481 e. The molecule has 1 fully saturated rings. The number of hydrogen-bond donors (Lipinski definition) is 2. The van der Waals surface area contributed by atoms with Crippen LogP contribution >= 0.6 is 15.9 Å². The van der Waals surface area contributed by atoms with Crippen molar-refractivity contribution in [1.82, 2.24) is 5.32 Å². The summed E-state index contributed by atoms with van der Waals surface area (Å²) in [5, 5.41) is 11.0. The summed E-state index contributed by atoms with van der Waals surface area (Å²) in [6, 6.07) is 9.10. The van der Waals surface area contributed by atoms with Gasteiger partial charge in [-0.3, -0.25) is 14.9 Å². The van der Waals surface area contributed by atoms with Crippen LogP contribution in [0.4, 0.5) is 10.5 Å². The van der Waals surface area contributed by atoms with Crippen LogP contribution in [0.2, 0.25) is 0 Å². The van der Waals surface area contributed by atoms with Crippen LogP contribution in [0.1, 0.15) is 16.7 Å². The van der Waals surface area contributed by atoms with E-state index in [1.165, 1.54) is 12.1 Å². The summed E-state index contributed by atoms with van der Waals surface area (Å²) >= 11 is 3.29. The molecule has 1 aliphatic heterocycles. The second-order valence-corrected chi connectivity index (χ2v) is 7.58. The summed E-state index contributed by atoms with van der Waals surface area (Å²) in [5.74, 6) is -2.65. The summed E-state index contributed by atoms with van der Waals surface area (Å²) in [4.78, 5) is 49.6. The number of carbonyl (C=O) groups is 4. The van der Waals surface area contributed by atoms with Crippen LogP contribution in [0.15, 0.2) is 46.4 Å². The molecule has 30 heavy (non-hydrogen) atoms. The van der Waals surface area contributed by atoms with E-state index in [0.29, 0.717) is 15.7 Å². The van der Waals surface area contributed by atoms with E-state index in [4.69, 9.17) is 9.84 Å². The lowest BCUT2D eigenvalue weighted by atomic mass is 10.0. The first-order valence-electron chi connectivity index (χ1n) is 8.79. The van der Waals surface area contributed by atoms with Crippen molar-refractivity contribution in [3.63, 3.8) is 0 Å². The highest BCUT2D eigenvalue weighted by molar-refractivity contribution is 9.10. The van der Waals surface area contributed by atoms with Crippen molar-refractivity contribution >= 4 is 51.5 Å². The number of rotatable bonds is 5. The third-order valence-corrected chi connectivity index (χ3v) is 4.68. The Morgan fingerprint density at radius 1 is 1.13 bits per heavy atom. The average molecular weight is 473 g/mol. The van der Waals surface area contributed by atoms with Gasteiger partial charge < -0.3 is 9.84 Å². The van der Waals surface area contributed by atoms with Crippen molar-refractivity contribution in [2.24, 2.45) is 0 Å². The Balaban J connectivity index is 2.05. The van der Waals surface area contributed by atoms with Gasteiger partial charge in [-0.15, -0.1) is 0 Å². The number of nitrogens with one attached hydrogen (secondary N) is 1. The molecular formula is C21H17BrN2O6. The molecule has 0 aromatic heterocycles. The minimum Gasteiger partial charge on any atom is -0.481 e. The van der Waals surface area contributed by atoms with E-state index >= 15 is 0 Å². The Morgan fingerprint density at radius 3 is 2.43 bits per heavy atom. The number of amides is 4. The van der Waals surface area contributed by atoms with E-state index in [-0.39, 0.29) is 11.3 Å². The molecule has 4 amide bonds. The fraction of sp³-hybridized carbons (Fsp3) is 0.143. The number of aryl methyl sites for hydroxylation is 2. The zero-order chi connectivity index (χ0) is 22.0. The highest BCUT2D eigenvalue weighted by atomic mass is 79.9. The summed E-state index contributed by atoms with van der Waals surface area (Å²) in [7, 11) is 0. The monoisotopic (exact) mass is 472 g/mol. The highest BCUT2D eigenvalue weighted by Gasteiger charge is 2.37. The molecule has 0 atom stereocenters. The number of anilines is 1. The second kappa shape index (κ2) is 8.50. The maximum absolute atomic E-state index is 13.1. The first-order valence-corrected chi connectivity index (χ1v) is 9.59. The van der Waals surface area contributed by atoms with Gasteiger partial charge in [-0.25, -0.2) is 14.5 Å². The number of benzene rings is 2. The molecule has 154 valence electrons. The number of imide groups is 2. The minimum atomic E-state index is -1.17. The summed E-state index contributed by atoms with van der Waals surface area (Å²) in [6.45, 7) is 3.07.